The second kappa shape index (κ2) is 4.59. The van der Waals surface area contributed by atoms with Crippen molar-refractivity contribution in [1.82, 2.24) is 10.3 Å². The van der Waals surface area contributed by atoms with Gasteiger partial charge in [-0.3, -0.25) is 4.98 Å². The fraction of sp³-hybridized carbons (Fsp3) is 0.214. The Bertz CT molecular complexity index is 552. The lowest BCUT2D eigenvalue weighted by Gasteiger charge is -2.17. The van der Waals surface area contributed by atoms with E-state index in [1.807, 2.05) is 12.4 Å². The van der Waals surface area contributed by atoms with Crippen molar-refractivity contribution in [2.45, 2.75) is 13.0 Å². The molecule has 0 bridgehead atoms. The van der Waals surface area contributed by atoms with Gasteiger partial charge in [-0.25, -0.2) is 0 Å². The third kappa shape index (κ3) is 2.26. The van der Waals surface area contributed by atoms with Crippen molar-refractivity contribution in [1.29, 1.82) is 0 Å². The summed E-state index contributed by atoms with van der Waals surface area (Å²) >= 11 is 3.46. The molecule has 2 aromatic rings. The highest BCUT2D eigenvalue weighted by Gasteiger charge is 2.09. The van der Waals surface area contributed by atoms with E-state index in [2.05, 4.69) is 50.5 Å². The summed E-state index contributed by atoms with van der Waals surface area (Å²) in [5.74, 6) is 0. The van der Waals surface area contributed by atoms with Gasteiger partial charge in [0, 0.05) is 29.0 Å². The molecule has 0 unspecified atom stereocenters. The van der Waals surface area contributed by atoms with Crippen molar-refractivity contribution in [2.75, 3.05) is 6.54 Å². The Labute approximate surface area is 109 Å². The second-order valence-corrected chi connectivity index (χ2v) is 5.22. The maximum atomic E-state index is 4.21. The van der Waals surface area contributed by atoms with Gasteiger partial charge in [0.15, 0.2) is 0 Å². The standard InChI is InChI=1S/C14H13BrN2/c15-14-6-13(8-17-9-14)10-1-2-12-7-16-4-3-11(12)5-10/h1-2,5-6,8-9,16H,3-4,7H2. The number of benzene rings is 1. The molecule has 0 amide bonds. The maximum absolute atomic E-state index is 4.21. The number of nitrogens with one attached hydrogen (secondary N) is 1. The van der Waals surface area contributed by atoms with Crippen molar-refractivity contribution >= 4 is 15.9 Å². The zero-order valence-electron chi connectivity index (χ0n) is 9.41. The van der Waals surface area contributed by atoms with Crippen molar-refractivity contribution in [3.05, 3.63) is 52.3 Å². The minimum Gasteiger partial charge on any atom is -0.312 e. The van der Waals surface area contributed by atoms with Crippen LogP contribution in [-0.2, 0) is 13.0 Å². The summed E-state index contributed by atoms with van der Waals surface area (Å²) in [6.07, 6.45) is 4.84. The molecule has 1 aliphatic rings. The molecule has 0 atom stereocenters. The average Bonchev–Trinajstić information content (AvgIpc) is 2.38. The Morgan fingerprint density at radius 2 is 2.00 bits per heavy atom. The van der Waals surface area contributed by atoms with E-state index in [0.29, 0.717) is 0 Å². The highest BCUT2D eigenvalue weighted by atomic mass is 79.9. The van der Waals surface area contributed by atoms with Crippen LogP contribution >= 0.6 is 15.9 Å². The first-order valence-electron chi connectivity index (χ1n) is 5.76. The summed E-state index contributed by atoms with van der Waals surface area (Å²) in [5.41, 5.74) is 5.30. The number of rotatable bonds is 1. The van der Waals surface area contributed by atoms with Gasteiger partial charge in [0.2, 0.25) is 0 Å². The van der Waals surface area contributed by atoms with E-state index < -0.39 is 0 Å². The van der Waals surface area contributed by atoms with E-state index in [0.717, 1.165) is 24.0 Å². The molecule has 1 aliphatic heterocycles. The first-order valence-corrected chi connectivity index (χ1v) is 6.56. The number of halogens is 1. The zero-order valence-corrected chi connectivity index (χ0v) is 11.0. The van der Waals surface area contributed by atoms with Gasteiger partial charge in [-0.2, -0.15) is 0 Å². The molecule has 2 nitrogen and oxygen atoms in total. The molecule has 3 heteroatoms. The van der Waals surface area contributed by atoms with Crippen molar-refractivity contribution in [3.8, 4) is 11.1 Å². The van der Waals surface area contributed by atoms with E-state index in [4.69, 9.17) is 0 Å². The Morgan fingerprint density at radius 1 is 1.06 bits per heavy atom. The third-order valence-electron chi connectivity index (χ3n) is 3.13. The molecule has 17 heavy (non-hydrogen) atoms. The summed E-state index contributed by atoms with van der Waals surface area (Å²) in [6.45, 7) is 2.07. The van der Waals surface area contributed by atoms with E-state index in [9.17, 15) is 0 Å². The van der Waals surface area contributed by atoms with Gasteiger partial charge in [-0.1, -0.05) is 18.2 Å². The normalized spacial score (nSPS) is 14.4. The van der Waals surface area contributed by atoms with Crippen LogP contribution in [0.5, 0.6) is 0 Å². The van der Waals surface area contributed by atoms with E-state index in [-0.39, 0.29) is 0 Å². The summed E-state index contributed by atoms with van der Waals surface area (Å²) in [4.78, 5) is 4.21. The number of hydrogen-bond donors (Lipinski definition) is 1. The molecule has 3 rings (SSSR count). The first kappa shape index (κ1) is 10.9. The van der Waals surface area contributed by atoms with E-state index in [1.54, 1.807) is 0 Å². The lowest BCUT2D eigenvalue weighted by Crippen LogP contribution is -2.23. The molecular weight excluding hydrogens is 276 g/mol. The Morgan fingerprint density at radius 3 is 2.88 bits per heavy atom. The van der Waals surface area contributed by atoms with Crippen LogP contribution in [0.15, 0.2) is 41.1 Å². The molecule has 0 radical (unpaired) electrons. The highest BCUT2D eigenvalue weighted by molar-refractivity contribution is 9.10. The quantitative estimate of drug-likeness (QED) is 0.872. The number of nitrogens with zero attached hydrogens (tertiary/aromatic N) is 1. The molecule has 1 aromatic carbocycles. The fourth-order valence-electron chi connectivity index (χ4n) is 2.23. The molecule has 0 spiro atoms. The number of aromatic nitrogens is 1. The van der Waals surface area contributed by atoms with Gasteiger partial charge < -0.3 is 5.32 Å². The molecule has 2 heterocycles. The lowest BCUT2D eigenvalue weighted by atomic mass is 9.96. The topological polar surface area (TPSA) is 24.9 Å². The minimum absolute atomic E-state index is 0.992. The van der Waals surface area contributed by atoms with Crippen LogP contribution in [0.25, 0.3) is 11.1 Å². The molecule has 0 aliphatic carbocycles. The molecule has 1 N–H and O–H groups in total. The largest absolute Gasteiger partial charge is 0.312 e. The van der Waals surface area contributed by atoms with Gasteiger partial charge in [0.05, 0.1) is 0 Å². The highest BCUT2D eigenvalue weighted by Crippen LogP contribution is 2.25. The molecule has 0 saturated carbocycles. The predicted octanol–water partition coefficient (Wildman–Crippen LogP) is 3.16. The van der Waals surface area contributed by atoms with Gasteiger partial charge >= 0.3 is 0 Å². The van der Waals surface area contributed by atoms with Crippen molar-refractivity contribution in [2.24, 2.45) is 0 Å². The van der Waals surface area contributed by atoms with Crippen LogP contribution in [0.4, 0.5) is 0 Å². The predicted molar refractivity (Wildman–Crippen MR) is 72.8 cm³/mol. The van der Waals surface area contributed by atoms with Crippen LogP contribution in [0.2, 0.25) is 0 Å². The van der Waals surface area contributed by atoms with E-state index in [1.165, 1.54) is 22.3 Å². The average molecular weight is 289 g/mol. The summed E-state index contributed by atoms with van der Waals surface area (Å²) in [7, 11) is 0. The molecular formula is C14H13BrN2. The van der Waals surface area contributed by atoms with Gasteiger partial charge in [0.1, 0.15) is 0 Å². The summed E-state index contributed by atoms with van der Waals surface area (Å²) < 4.78 is 1.02. The maximum Gasteiger partial charge on any atom is 0.0410 e. The molecule has 0 fully saturated rings. The van der Waals surface area contributed by atoms with Crippen LogP contribution in [0.3, 0.4) is 0 Å². The Balaban J connectivity index is 2.04. The summed E-state index contributed by atoms with van der Waals surface area (Å²) in [5, 5.41) is 3.39. The SMILES string of the molecule is Brc1cncc(-c2ccc3c(c2)CCNC3)c1. The molecule has 1 aromatic heterocycles. The number of pyridine rings is 1. The lowest BCUT2D eigenvalue weighted by molar-refractivity contribution is 0.644. The third-order valence-corrected chi connectivity index (χ3v) is 3.56. The Hall–Kier alpha value is -1.19. The smallest absolute Gasteiger partial charge is 0.0410 e. The Kier molecular flexibility index (Phi) is 2.95. The first-order chi connectivity index (χ1) is 8.33. The van der Waals surface area contributed by atoms with Crippen LogP contribution < -0.4 is 5.32 Å². The van der Waals surface area contributed by atoms with Gasteiger partial charge in [-0.15, -0.1) is 0 Å². The number of fused-ring (bicyclic) bond motifs is 1. The molecule has 86 valence electrons. The number of hydrogen-bond acceptors (Lipinski definition) is 2. The zero-order chi connectivity index (χ0) is 11.7. The van der Waals surface area contributed by atoms with Crippen LogP contribution in [-0.4, -0.2) is 11.5 Å². The van der Waals surface area contributed by atoms with Crippen molar-refractivity contribution in [3.63, 3.8) is 0 Å². The molecule has 0 saturated heterocycles. The van der Waals surface area contributed by atoms with Crippen LogP contribution in [0, 0.1) is 0 Å². The summed E-state index contributed by atoms with van der Waals surface area (Å²) in [6, 6.07) is 8.79. The van der Waals surface area contributed by atoms with Gasteiger partial charge in [-0.05, 0) is 51.7 Å². The monoisotopic (exact) mass is 288 g/mol. The van der Waals surface area contributed by atoms with Crippen molar-refractivity contribution < 1.29 is 0 Å². The second-order valence-electron chi connectivity index (χ2n) is 4.30. The van der Waals surface area contributed by atoms with Crippen LogP contribution in [0.1, 0.15) is 11.1 Å². The fourth-order valence-corrected chi connectivity index (χ4v) is 2.59. The van der Waals surface area contributed by atoms with Gasteiger partial charge in [0.25, 0.3) is 0 Å². The minimum atomic E-state index is 0.992. The van der Waals surface area contributed by atoms with E-state index >= 15 is 0 Å².